The first-order chi connectivity index (χ1) is 9.79. The molecule has 2 aromatic carbocycles. The minimum absolute atomic E-state index is 0.162. The number of hydrogen-bond donors (Lipinski definition) is 1. The molecule has 0 aliphatic heterocycles. The third-order valence-corrected chi connectivity index (χ3v) is 3.09. The van der Waals surface area contributed by atoms with E-state index in [1.807, 2.05) is 54.6 Å². The smallest absolute Gasteiger partial charge is 0.238 e. The predicted molar refractivity (Wildman–Crippen MR) is 78.1 cm³/mol. The molecule has 0 atom stereocenters. The summed E-state index contributed by atoms with van der Waals surface area (Å²) in [5, 5.41) is 13.2. The van der Waals surface area contributed by atoms with Crippen molar-refractivity contribution in [2.75, 3.05) is 5.32 Å². The van der Waals surface area contributed by atoms with Crippen molar-refractivity contribution in [1.29, 1.82) is 5.26 Å². The van der Waals surface area contributed by atoms with Crippen molar-refractivity contribution in [1.82, 2.24) is 4.98 Å². The van der Waals surface area contributed by atoms with Crippen LogP contribution in [-0.4, -0.2) is 10.9 Å². The van der Waals surface area contributed by atoms with Crippen LogP contribution in [0.5, 0.6) is 0 Å². The molecular weight excluding hydrogens is 250 g/mol. The summed E-state index contributed by atoms with van der Waals surface area (Å²) in [7, 11) is 0. The average Bonchev–Trinajstić information content (AvgIpc) is 2.47. The third-order valence-electron chi connectivity index (χ3n) is 3.09. The van der Waals surface area contributed by atoms with Crippen molar-refractivity contribution < 1.29 is 4.79 Å². The van der Waals surface area contributed by atoms with Gasteiger partial charge in [0.2, 0.25) is 5.91 Å². The number of amides is 1. The van der Waals surface area contributed by atoms with Crippen LogP contribution in [0, 0.1) is 11.3 Å². The zero-order chi connectivity index (χ0) is 13.9. The van der Waals surface area contributed by atoms with Crippen LogP contribution >= 0.6 is 0 Å². The Bertz CT molecular complexity index is 795. The monoisotopic (exact) mass is 261 g/mol. The highest BCUT2D eigenvalue weighted by Crippen LogP contribution is 2.30. The maximum atomic E-state index is 11.7. The summed E-state index contributed by atoms with van der Waals surface area (Å²) in [6.45, 7) is 0. The van der Waals surface area contributed by atoms with E-state index >= 15 is 0 Å². The van der Waals surface area contributed by atoms with Crippen LogP contribution in [0.15, 0.2) is 48.5 Å². The molecule has 1 heterocycles. The lowest BCUT2D eigenvalue weighted by molar-refractivity contribution is -0.115. The summed E-state index contributed by atoms with van der Waals surface area (Å²) in [5.74, 6) is -0.311. The highest BCUT2D eigenvalue weighted by Gasteiger charge is 2.11. The molecule has 1 aromatic heterocycles. The molecule has 0 bridgehead atoms. The fourth-order valence-electron chi connectivity index (χ4n) is 2.23. The number of nitrogens with one attached hydrogen (secondary N) is 1. The van der Waals surface area contributed by atoms with Gasteiger partial charge in [-0.2, -0.15) is 5.26 Å². The van der Waals surface area contributed by atoms with Crippen molar-refractivity contribution in [2.24, 2.45) is 0 Å². The van der Waals surface area contributed by atoms with Crippen molar-refractivity contribution in [2.45, 2.75) is 6.42 Å². The Labute approximate surface area is 115 Å². The molecule has 4 nitrogen and oxygen atoms in total. The van der Waals surface area contributed by atoms with Gasteiger partial charge in [-0.25, -0.2) is 4.98 Å². The van der Waals surface area contributed by atoms with Gasteiger partial charge in [-0.1, -0.05) is 36.4 Å². The van der Waals surface area contributed by atoms with E-state index in [0.29, 0.717) is 5.69 Å². The van der Waals surface area contributed by atoms with Gasteiger partial charge in [0.05, 0.1) is 22.8 Å². The van der Waals surface area contributed by atoms with Gasteiger partial charge in [0.15, 0.2) is 0 Å². The molecule has 1 amide bonds. The number of fused-ring (bicyclic) bond motifs is 2. The van der Waals surface area contributed by atoms with E-state index in [0.717, 1.165) is 21.8 Å². The minimum Gasteiger partial charge on any atom is -0.324 e. The van der Waals surface area contributed by atoms with Gasteiger partial charge in [-0.3, -0.25) is 4.79 Å². The number of hydrogen-bond acceptors (Lipinski definition) is 3. The van der Waals surface area contributed by atoms with Crippen LogP contribution in [-0.2, 0) is 4.79 Å². The number of anilines is 1. The Balaban J connectivity index is 2.28. The Morgan fingerprint density at radius 3 is 2.15 bits per heavy atom. The summed E-state index contributed by atoms with van der Waals surface area (Å²) in [5.41, 5.74) is 2.35. The maximum absolute atomic E-state index is 11.7. The second kappa shape index (κ2) is 4.98. The van der Waals surface area contributed by atoms with E-state index in [2.05, 4.69) is 10.3 Å². The Morgan fingerprint density at radius 2 is 1.60 bits per heavy atom. The van der Waals surface area contributed by atoms with Gasteiger partial charge in [0.1, 0.15) is 6.42 Å². The summed E-state index contributed by atoms with van der Waals surface area (Å²) in [6.07, 6.45) is -0.162. The molecular formula is C16H11N3O. The Kier molecular flexibility index (Phi) is 3.02. The number of carbonyl (C=O) groups is 1. The van der Waals surface area contributed by atoms with Gasteiger partial charge in [0, 0.05) is 10.8 Å². The SMILES string of the molecule is N#CCC(=O)Nc1c2ccccc2nc2ccccc12. The standard InChI is InChI=1S/C16H11N3O/c17-10-9-15(20)19-16-11-5-1-3-7-13(11)18-14-8-4-2-6-12(14)16/h1-8H,9H2,(H,18,19,20). The van der Waals surface area contributed by atoms with E-state index < -0.39 is 0 Å². The quantitative estimate of drug-likeness (QED) is 0.720. The second-order valence-corrected chi connectivity index (χ2v) is 4.40. The molecule has 20 heavy (non-hydrogen) atoms. The van der Waals surface area contributed by atoms with Crippen molar-refractivity contribution in [3.63, 3.8) is 0 Å². The van der Waals surface area contributed by atoms with Crippen LogP contribution in [0.4, 0.5) is 5.69 Å². The number of carbonyl (C=O) groups excluding carboxylic acids is 1. The lowest BCUT2D eigenvalue weighted by Gasteiger charge is -2.11. The number of rotatable bonds is 2. The number of aromatic nitrogens is 1. The lowest BCUT2D eigenvalue weighted by Crippen LogP contribution is -2.11. The minimum atomic E-state index is -0.311. The summed E-state index contributed by atoms with van der Waals surface area (Å²) >= 11 is 0. The number of nitrogens with zero attached hydrogens (tertiary/aromatic N) is 2. The summed E-state index contributed by atoms with van der Waals surface area (Å²) < 4.78 is 0. The summed E-state index contributed by atoms with van der Waals surface area (Å²) in [6, 6.07) is 17.1. The van der Waals surface area contributed by atoms with Gasteiger partial charge in [-0.05, 0) is 12.1 Å². The molecule has 0 aliphatic rings. The molecule has 0 saturated carbocycles. The van der Waals surface area contributed by atoms with Crippen LogP contribution < -0.4 is 5.32 Å². The number of nitriles is 1. The first-order valence-electron chi connectivity index (χ1n) is 6.24. The molecule has 96 valence electrons. The van der Waals surface area contributed by atoms with Gasteiger partial charge in [-0.15, -0.1) is 0 Å². The molecule has 0 saturated heterocycles. The van der Waals surface area contributed by atoms with Gasteiger partial charge in [0.25, 0.3) is 0 Å². The molecule has 0 radical (unpaired) electrons. The molecule has 1 N–H and O–H groups in total. The molecule has 3 rings (SSSR count). The zero-order valence-corrected chi connectivity index (χ0v) is 10.6. The van der Waals surface area contributed by atoms with E-state index in [1.165, 1.54) is 0 Å². The maximum Gasteiger partial charge on any atom is 0.238 e. The van der Waals surface area contributed by atoms with Crippen LogP contribution in [0.3, 0.4) is 0 Å². The predicted octanol–water partition coefficient (Wildman–Crippen LogP) is 3.24. The lowest BCUT2D eigenvalue weighted by atomic mass is 10.1. The fraction of sp³-hybridized carbons (Fsp3) is 0.0625. The van der Waals surface area contributed by atoms with Gasteiger partial charge >= 0.3 is 0 Å². The third kappa shape index (κ3) is 2.06. The largest absolute Gasteiger partial charge is 0.324 e. The van der Waals surface area contributed by atoms with Gasteiger partial charge < -0.3 is 5.32 Å². The molecule has 3 aromatic rings. The topological polar surface area (TPSA) is 65.8 Å². The van der Waals surface area contributed by atoms with E-state index in [4.69, 9.17) is 5.26 Å². The summed E-state index contributed by atoms with van der Waals surface area (Å²) in [4.78, 5) is 16.3. The molecule has 0 spiro atoms. The highest BCUT2D eigenvalue weighted by molar-refractivity contribution is 6.12. The second-order valence-electron chi connectivity index (χ2n) is 4.40. The van der Waals surface area contributed by atoms with Crippen LogP contribution in [0.25, 0.3) is 21.8 Å². The molecule has 0 fully saturated rings. The fourth-order valence-corrected chi connectivity index (χ4v) is 2.23. The number of pyridine rings is 1. The normalized spacial score (nSPS) is 10.3. The van der Waals surface area contributed by atoms with Crippen molar-refractivity contribution >= 4 is 33.4 Å². The number of para-hydroxylation sites is 2. The molecule has 0 unspecified atom stereocenters. The van der Waals surface area contributed by atoms with E-state index in [9.17, 15) is 4.79 Å². The molecule has 4 heteroatoms. The van der Waals surface area contributed by atoms with Crippen molar-refractivity contribution in [3.05, 3.63) is 48.5 Å². The first-order valence-corrected chi connectivity index (χ1v) is 6.24. The van der Waals surface area contributed by atoms with Crippen LogP contribution in [0.2, 0.25) is 0 Å². The van der Waals surface area contributed by atoms with Crippen molar-refractivity contribution in [3.8, 4) is 6.07 Å². The van der Waals surface area contributed by atoms with E-state index in [1.54, 1.807) is 0 Å². The average molecular weight is 261 g/mol. The first kappa shape index (κ1) is 12.1. The Morgan fingerprint density at radius 1 is 1.05 bits per heavy atom. The van der Waals surface area contributed by atoms with Crippen LogP contribution in [0.1, 0.15) is 6.42 Å². The van der Waals surface area contributed by atoms with E-state index in [-0.39, 0.29) is 12.3 Å². The number of benzene rings is 2. The zero-order valence-electron chi connectivity index (χ0n) is 10.6. The Hall–Kier alpha value is -2.93. The molecule has 0 aliphatic carbocycles. The highest BCUT2D eigenvalue weighted by atomic mass is 16.1.